The van der Waals surface area contributed by atoms with Gasteiger partial charge in [-0.05, 0) is 114 Å². The molecule has 3 aromatic heterocycles. The molecule has 0 unspecified atom stereocenters. The van der Waals surface area contributed by atoms with Crippen molar-refractivity contribution < 1.29 is 0 Å². The smallest absolute Gasteiger partial charge is 0.114 e. The molecule has 0 amide bonds. The van der Waals surface area contributed by atoms with Crippen molar-refractivity contribution in [2.75, 3.05) is 0 Å². The van der Waals surface area contributed by atoms with Crippen LogP contribution in [0.5, 0.6) is 0 Å². The maximum Gasteiger partial charge on any atom is 0.114 e. The van der Waals surface area contributed by atoms with Crippen molar-refractivity contribution in [3.05, 3.63) is 176 Å². The van der Waals surface area contributed by atoms with Crippen LogP contribution >= 0.6 is 0 Å². The topological polar surface area (TPSA) is 56.5 Å². The summed E-state index contributed by atoms with van der Waals surface area (Å²) in [6.45, 7) is 0. The first-order chi connectivity index (χ1) is 25.3. The molecule has 0 fully saturated rings. The number of aromatic nitrogens is 5. The summed E-state index contributed by atoms with van der Waals surface area (Å²) in [5.41, 5.74) is 11.4. The van der Waals surface area contributed by atoms with Crippen molar-refractivity contribution in [1.82, 2.24) is 25.0 Å². The zero-order valence-corrected chi connectivity index (χ0v) is 27.5. The monoisotopic (exact) mass is 651 g/mol. The maximum atomic E-state index is 5.07. The van der Waals surface area contributed by atoms with Crippen LogP contribution in [0.2, 0.25) is 0 Å². The van der Waals surface area contributed by atoms with E-state index >= 15 is 0 Å². The summed E-state index contributed by atoms with van der Waals surface area (Å²) >= 11 is 0. The van der Waals surface area contributed by atoms with E-state index in [-0.39, 0.29) is 0 Å². The van der Waals surface area contributed by atoms with Gasteiger partial charge in [0.25, 0.3) is 0 Å². The molecule has 7 aromatic carbocycles. The molecule has 0 aliphatic rings. The summed E-state index contributed by atoms with van der Waals surface area (Å²) in [5, 5.41) is 17.4. The van der Waals surface area contributed by atoms with Gasteiger partial charge >= 0.3 is 0 Å². The van der Waals surface area contributed by atoms with Crippen LogP contribution < -0.4 is 0 Å². The first kappa shape index (κ1) is 29.0. The van der Waals surface area contributed by atoms with E-state index in [0.717, 1.165) is 44.5 Å². The third-order valence-electron chi connectivity index (χ3n) is 9.78. The quantitative estimate of drug-likeness (QED) is 0.174. The minimum atomic E-state index is 0.828. The molecule has 3 heterocycles. The van der Waals surface area contributed by atoms with Crippen LogP contribution in [-0.2, 0) is 0 Å². The maximum absolute atomic E-state index is 5.07. The Morgan fingerprint density at radius 1 is 0.353 bits per heavy atom. The number of hydrogen-bond acceptors (Lipinski definition) is 4. The van der Waals surface area contributed by atoms with Crippen molar-refractivity contribution >= 4 is 43.4 Å². The molecule has 5 heteroatoms. The summed E-state index contributed by atoms with van der Waals surface area (Å²) in [7, 11) is 0. The van der Waals surface area contributed by atoms with Gasteiger partial charge < -0.3 is 0 Å². The third-order valence-corrected chi connectivity index (χ3v) is 9.78. The average molecular weight is 652 g/mol. The van der Waals surface area contributed by atoms with Crippen molar-refractivity contribution in [3.63, 3.8) is 0 Å². The molecule has 0 atom stereocenters. The van der Waals surface area contributed by atoms with Crippen LogP contribution in [0.4, 0.5) is 0 Å². The molecule has 238 valence electrons. The van der Waals surface area contributed by atoms with Gasteiger partial charge in [-0.25, -0.2) is 0 Å². The second kappa shape index (κ2) is 11.9. The highest BCUT2D eigenvalue weighted by Gasteiger charge is 2.18. The summed E-state index contributed by atoms with van der Waals surface area (Å²) in [4.78, 5) is 10.5. The first-order valence-electron chi connectivity index (χ1n) is 17.0. The normalized spacial score (nSPS) is 11.5. The van der Waals surface area contributed by atoms with Crippen LogP contribution in [0.15, 0.2) is 176 Å². The lowest BCUT2D eigenvalue weighted by Gasteiger charge is -2.18. The van der Waals surface area contributed by atoms with Crippen molar-refractivity contribution in [1.29, 1.82) is 0 Å². The largest absolute Gasteiger partial charge is 0.264 e. The number of pyridine rings is 2. The van der Waals surface area contributed by atoms with E-state index in [4.69, 9.17) is 10.2 Å². The van der Waals surface area contributed by atoms with Gasteiger partial charge in [-0.2, -0.15) is 4.80 Å². The summed E-state index contributed by atoms with van der Waals surface area (Å²) in [6, 6.07) is 53.8. The predicted molar refractivity (Wildman–Crippen MR) is 209 cm³/mol. The lowest BCUT2D eigenvalue weighted by atomic mass is 9.85. The fraction of sp³-hybridized carbons (Fsp3) is 0. The average Bonchev–Trinajstić information content (AvgIpc) is 3.64. The Morgan fingerprint density at radius 2 is 0.882 bits per heavy atom. The molecule has 0 aliphatic carbocycles. The van der Waals surface area contributed by atoms with Gasteiger partial charge in [-0.15, -0.1) is 10.2 Å². The van der Waals surface area contributed by atoms with Crippen LogP contribution in [0.3, 0.4) is 0 Å². The van der Waals surface area contributed by atoms with Gasteiger partial charge in [0.05, 0.1) is 5.69 Å². The molecule has 0 spiro atoms. The van der Waals surface area contributed by atoms with Crippen LogP contribution in [0.1, 0.15) is 0 Å². The fourth-order valence-corrected chi connectivity index (χ4v) is 7.41. The molecule has 5 nitrogen and oxygen atoms in total. The van der Waals surface area contributed by atoms with E-state index < -0.39 is 0 Å². The Bertz CT molecular complexity index is 2800. The molecule has 0 radical (unpaired) electrons. The van der Waals surface area contributed by atoms with Gasteiger partial charge in [-0.1, -0.05) is 103 Å². The van der Waals surface area contributed by atoms with E-state index in [1.807, 2.05) is 24.5 Å². The Hall–Kier alpha value is -6.98. The highest BCUT2D eigenvalue weighted by molar-refractivity contribution is 6.22. The Labute approximate surface area is 294 Å². The molecule has 0 aliphatic heterocycles. The summed E-state index contributed by atoms with van der Waals surface area (Å²) < 4.78 is 0. The van der Waals surface area contributed by atoms with E-state index in [1.54, 1.807) is 17.2 Å². The molecular formula is C46H29N5. The molecule has 0 N–H and O–H groups in total. The van der Waals surface area contributed by atoms with Crippen molar-refractivity contribution in [2.24, 2.45) is 0 Å². The van der Waals surface area contributed by atoms with Gasteiger partial charge in [0.1, 0.15) is 11.0 Å². The zero-order chi connectivity index (χ0) is 33.7. The fourth-order valence-electron chi connectivity index (χ4n) is 7.41. The number of hydrogen-bond donors (Lipinski definition) is 0. The van der Waals surface area contributed by atoms with Gasteiger partial charge in [0.15, 0.2) is 0 Å². The van der Waals surface area contributed by atoms with E-state index in [9.17, 15) is 0 Å². The van der Waals surface area contributed by atoms with E-state index in [1.165, 1.54) is 49.0 Å². The van der Waals surface area contributed by atoms with E-state index in [0.29, 0.717) is 0 Å². The molecule has 51 heavy (non-hydrogen) atoms. The molecule has 10 rings (SSSR count). The molecule has 0 bridgehead atoms. The predicted octanol–water partition coefficient (Wildman–Crippen LogP) is 11.3. The number of fused-ring (bicyclic) bond motifs is 4. The van der Waals surface area contributed by atoms with Gasteiger partial charge in [0.2, 0.25) is 0 Å². The van der Waals surface area contributed by atoms with Crippen LogP contribution in [-0.4, -0.2) is 25.0 Å². The van der Waals surface area contributed by atoms with Crippen LogP contribution in [0.25, 0.3) is 93.5 Å². The standard InChI is InChI=1S/C46H29N5/c1-2-10-31-23-32(18-17-30(31)9-1)45-39-13-3-5-15-41(39)46(42-16-6-4-14-40(42)45)33-19-20-43-44(27-33)50-51(49-43)38-25-36(34-11-7-21-47-28-34)24-37(26-38)35-12-8-22-48-29-35/h1-29H. The highest BCUT2D eigenvalue weighted by Crippen LogP contribution is 2.44. The molecule has 0 saturated carbocycles. The number of benzene rings is 7. The van der Waals surface area contributed by atoms with Gasteiger partial charge in [-0.3, -0.25) is 9.97 Å². The van der Waals surface area contributed by atoms with Crippen LogP contribution in [0, 0.1) is 0 Å². The Morgan fingerprint density at radius 3 is 1.47 bits per heavy atom. The molecule has 0 saturated heterocycles. The minimum Gasteiger partial charge on any atom is -0.264 e. The first-order valence-corrected chi connectivity index (χ1v) is 17.0. The summed E-state index contributed by atoms with van der Waals surface area (Å²) in [6.07, 6.45) is 7.34. The Balaban J connectivity index is 1.15. The molecular weight excluding hydrogens is 623 g/mol. The SMILES string of the molecule is c1cncc(-c2cc(-c3cccnc3)cc(-n3nc4ccc(-c5c6ccccc6c(-c6ccc7ccccc7c6)c6ccccc56)cc4n3)c2)c1. The summed E-state index contributed by atoms with van der Waals surface area (Å²) in [5.74, 6) is 0. The number of nitrogens with zero attached hydrogens (tertiary/aromatic N) is 5. The Kier molecular flexibility index (Phi) is 6.74. The highest BCUT2D eigenvalue weighted by atomic mass is 15.5. The second-order valence-electron chi connectivity index (χ2n) is 12.8. The number of rotatable bonds is 5. The van der Waals surface area contributed by atoms with Gasteiger partial charge in [0, 0.05) is 35.9 Å². The zero-order valence-electron chi connectivity index (χ0n) is 27.5. The molecule has 10 aromatic rings. The third kappa shape index (κ3) is 5.03. The lowest BCUT2D eigenvalue weighted by molar-refractivity contribution is 0.766. The minimum absolute atomic E-state index is 0.828. The van der Waals surface area contributed by atoms with E-state index in [2.05, 4.69) is 149 Å². The second-order valence-corrected chi connectivity index (χ2v) is 12.8. The van der Waals surface area contributed by atoms with Crippen molar-refractivity contribution in [2.45, 2.75) is 0 Å². The van der Waals surface area contributed by atoms with Crippen molar-refractivity contribution in [3.8, 4) is 50.2 Å². The lowest BCUT2D eigenvalue weighted by Crippen LogP contribution is -1.99.